The van der Waals surface area contributed by atoms with Crippen LogP contribution in [0, 0.1) is 10.1 Å². The van der Waals surface area contributed by atoms with Crippen LogP contribution in [0.25, 0.3) is 0 Å². The quantitative estimate of drug-likeness (QED) is 0.608. The van der Waals surface area contributed by atoms with E-state index in [0.717, 1.165) is 17.7 Å². The zero-order valence-corrected chi connectivity index (χ0v) is 11.4. The van der Waals surface area contributed by atoms with Crippen LogP contribution >= 0.6 is 11.8 Å². The second-order valence-electron chi connectivity index (χ2n) is 4.00. The first-order valence-electron chi connectivity index (χ1n) is 5.70. The summed E-state index contributed by atoms with van der Waals surface area (Å²) in [6.45, 7) is 2.76. The lowest BCUT2D eigenvalue weighted by molar-refractivity contribution is -0.385. The zero-order chi connectivity index (χ0) is 13.5. The van der Waals surface area contributed by atoms with Gasteiger partial charge in [-0.15, -0.1) is 0 Å². The summed E-state index contributed by atoms with van der Waals surface area (Å²) < 4.78 is 5.07. The molecule has 1 rings (SSSR count). The van der Waals surface area contributed by atoms with E-state index in [1.165, 1.54) is 13.2 Å². The summed E-state index contributed by atoms with van der Waals surface area (Å²) in [5.74, 6) is 1.24. The Balaban J connectivity index is 2.75. The molecular formula is C12H18N2O3S. The molecule has 0 aliphatic carbocycles. The van der Waals surface area contributed by atoms with E-state index in [1.54, 1.807) is 17.8 Å². The first kappa shape index (κ1) is 14.8. The van der Waals surface area contributed by atoms with Gasteiger partial charge in [0.2, 0.25) is 0 Å². The van der Waals surface area contributed by atoms with Crippen molar-refractivity contribution in [3.8, 4) is 5.75 Å². The van der Waals surface area contributed by atoms with E-state index in [2.05, 4.69) is 6.92 Å². The van der Waals surface area contributed by atoms with Gasteiger partial charge in [0.15, 0.2) is 0 Å². The Labute approximate surface area is 111 Å². The fraction of sp³-hybridized carbons (Fsp3) is 0.500. The molecule has 5 nitrogen and oxygen atoms in total. The lowest BCUT2D eigenvalue weighted by Crippen LogP contribution is -2.07. The monoisotopic (exact) mass is 270 g/mol. The number of methoxy groups -OCH3 is 1. The summed E-state index contributed by atoms with van der Waals surface area (Å²) in [6, 6.07) is 4.84. The summed E-state index contributed by atoms with van der Waals surface area (Å²) in [5.41, 5.74) is 6.45. The minimum absolute atomic E-state index is 0.0661. The fourth-order valence-corrected chi connectivity index (χ4v) is 2.45. The lowest BCUT2D eigenvalue weighted by atomic mass is 10.2. The molecule has 1 unspecified atom stereocenters. The Morgan fingerprint density at radius 2 is 2.22 bits per heavy atom. The van der Waals surface area contributed by atoms with Crippen LogP contribution in [0.5, 0.6) is 5.75 Å². The Hall–Kier alpha value is -1.27. The van der Waals surface area contributed by atoms with Crippen molar-refractivity contribution < 1.29 is 9.66 Å². The van der Waals surface area contributed by atoms with Gasteiger partial charge in [0.05, 0.1) is 18.1 Å². The molecule has 0 fully saturated rings. The number of benzene rings is 1. The van der Waals surface area contributed by atoms with Crippen molar-refractivity contribution in [2.24, 2.45) is 5.73 Å². The molecule has 18 heavy (non-hydrogen) atoms. The average Bonchev–Trinajstić information content (AvgIpc) is 2.36. The molecule has 0 aromatic heterocycles. The Kier molecular flexibility index (Phi) is 5.94. The first-order valence-corrected chi connectivity index (χ1v) is 6.75. The molecule has 0 saturated heterocycles. The van der Waals surface area contributed by atoms with Gasteiger partial charge in [-0.2, -0.15) is 11.8 Å². The maximum Gasteiger partial charge on any atom is 0.273 e. The van der Waals surface area contributed by atoms with E-state index < -0.39 is 4.92 Å². The number of hydrogen-bond donors (Lipinski definition) is 1. The predicted octanol–water partition coefficient (Wildman–Crippen LogP) is 2.57. The smallest absolute Gasteiger partial charge is 0.273 e. The van der Waals surface area contributed by atoms with Gasteiger partial charge in [-0.05, 0) is 24.6 Å². The van der Waals surface area contributed by atoms with E-state index in [-0.39, 0.29) is 5.69 Å². The van der Waals surface area contributed by atoms with Crippen LogP contribution in [0.3, 0.4) is 0 Å². The minimum atomic E-state index is -0.403. The maximum atomic E-state index is 10.8. The molecule has 0 radical (unpaired) electrons. The third-order valence-corrected chi connectivity index (χ3v) is 3.81. The van der Waals surface area contributed by atoms with Crippen molar-refractivity contribution in [1.82, 2.24) is 0 Å². The van der Waals surface area contributed by atoms with Crippen molar-refractivity contribution in [2.45, 2.75) is 24.3 Å². The van der Waals surface area contributed by atoms with Crippen LogP contribution in [0.2, 0.25) is 0 Å². The van der Waals surface area contributed by atoms with Crippen LogP contribution in [0.4, 0.5) is 5.69 Å². The number of rotatable bonds is 7. The highest BCUT2D eigenvalue weighted by Crippen LogP contribution is 2.27. The van der Waals surface area contributed by atoms with E-state index >= 15 is 0 Å². The van der Waals surface area contributed by atoms with Gasteiger partial charge in [-0.3, -0.25) is 10.1 Å². The highest BCUT2D eigenvalue weighted by atomic mass is 32.2. The first-order chi connectivity index (χ1) is 8.56. The number of nitro groups is 1. The van der Waals surface area contributed by atoms with Gasteiger partial charge < -0.3 is 10.5 Å². The summed E-state index contributed by atoms with van der Waals surface area (Å²) in [6.07, 6.45) is 0.941. The summed E-state index contributed by atoms with van der Waals surface area (Å²) in [4.78, 5) is 10.4. The van der Waals surface area contributed by atoms with E-state index in [4.69, 9.17) is 10.5 Å². The van der Waals surface area contributed by atoms with Gasteiger partial charge in [0.25, 0.3) is 5.69 Å². The minimum Gasteiger partial charge on any atom is -0.496 e. The SMILES string of the molecule is COc1cc(CSC(C)CCN)cc([N+](=O)[O-])c1. The van der Waals surface area contributed by atoms with Crippen molar-refractivity contribution in [2.75, 3.05) is 13.7 Å². The van der Waals surface area contributed by atoms with Crippen molar-refractivity contribution in [1.29, 1.82) is 0 Å². The molecule has 100 valence electrons. The second kappa shape index (κ2) is 7.23. The number of thioether (sulfide) groups is 1. The van der Waals surface area contributed by atoms with E-state index in [9.17, 15) is 10.1 Å². The Morgan fingerprint density at radius 1 is 1.50 bits per heavy atom. The second-order valence-corrected chi connectivity index (χ2v) is 5.42. The molecule has 0 heterocycles. The highest BCUT2D eigenvalue weighted by molar-refractivity contribution is 7.99. The molecule has 0 bridgehead atoms. The summed E-state index contributed by atoms with van der Waals surface area (Å²) in [7, 11) is 1.51. The highest BCUT2D eigenvalue weighted by Gasteiger charge is 2.11. The summed E-state index contributed by atoms with van der Waals surface area (Å²) >= 11 is 1.74. The molecular weight excluding hydrogens is 252 g/mol. The lowest BCUT2D eigenvalue weighted by Gasteiger charge is -2.10. The molecule has 6 heteroatoms. The number of nitro benzene ring substituents is 1. The molecule has 0 aliphatic rings. The van der Waals surface area contributed by atoms with Crippen molar-refractivity contribution in [3.63, 3.8) is 0 Å². The number of ether oxygens (including phenoxy) is 1. The molecule has 2 N–H and O–H groups in total. The normalized spacial score (nSPS) is 12.2. The van der Waals surface area contributed by atoms with Crippen LogP contribution < -0.4 is 10.5 Å². The van der Waals surface area contributed by atoms with Crippen LogP contribution in [0.1, 0.15) is 18.9 Å². The number of hydrogen-bond acceptors (Lipinski definition) is 5. The number of non-ortho nitro benzene ring substituents is 1. The largest absolute Gasteiger partial charge is 0.496 e. The summed E-state index contributed by atoms with van der Waals surface area (Å²) in [5, 5.41) is 11.2. The Morgan fingerprint density at radius 3 is 2.78 bits per heavy atom. The molecule has 1 atom stereocenters. The number of nitrogens with zero attached hydrogens (tertiary/aromatic N) is 1. The van der Waals surface area contributed by atoms with Gasteiger partial charge in [0.1, 0.15) is 5.75 Å². The van der Waals surface area contributed by atoms with Crippen molar-refractivity contribution >= 4 is 17.4 Å². The van der Waals surface area contributed by atoms with Gasteiger partial charge in [-0.1, -0.05) is 6.92 Å². The van der Waals surface area contributed by atoms with Crippen LogP contribution in [-0.4, -0.2) is 23.8 Å². The Bertz CT molecular complexity index is 412. The van der Waals surface area contributed by atoms with E-state index in [0.29, 0.717) is 17.5 Å². The zero-order valence-electron chi connectivity index (χ0n) is 10.6. The van der Waals surface area contributed by atoms with Crippen LogP contribution in [-0.2, 0) is 5.75 Å². The number of nitrogens with two attached hydrogens (primary N) is 1. The van der Waals surface area contributed by atoms with Crippen molar-refractivity contribution in [3.05, 3.63) is 33.9 Å². The topological polar surface area (TPSA) is 78.4 Å². The van der Waals surface area contributed by atoms with Crippen LogP contribution in [0.15, 0.2) is 18.2 Å². The molecule has 0 amide bonds. The molecule has 0 aliphatic heterocycles. The average molecular weight is 270 g/mol. The fourth-order valence-electron chi connectivity index (χ4n) is 1.51. The molecule has 1 aromatic carbocycles. The molecule has 0 spiro atoms. The third kappa shape index (κ3) is 4.54. The van der Waals surface area contributed by atoms with Gasteiger partial charge in [-0.25, -0.2) is 0 Å². The predicted molar refractivity (Wildman–Crippen MR) is 74.1 cm³/mol. The van der Waals surface area contributed by atoms with Gasteiger partial charge >= 0.3 is 0 Å². The third-order valence-electron chi connectivity index (χ3n) is 2.51. The molecule has 1 aromatic rings. The molecule has 0 saturated carbocycles. The maximum absolute atomic E-state index is 10.8. The standard InChI is InChI=1S/C12H18N2O3S/c1-9(3-4-13)18-8-10-5-11(14(15)16)7-12(6-10)17-2/h5-7,9H,3-4,8,13H2,1-2H3. The van der Waals surface area contributed by atoms with E-state index in [1.807, 2.05) is 6.07 Å². The van der Waals surface area contributed by atoms with Gasteiger partial charge in [0, 0.05) is 17.1 Å².